The predicted octanol–water partition coefficient (Wildman–Crippen LogP) is 6.77. The smallest absolute Gasteiger partial charge is 0.0919 e. The van der Waals surface area contributed by atoms with Crippen molar-refractivity contribution in [1.82, 2.24) is 9.97 Å². The minimum atomic E-state index is 0.191. The number of rotatable bonds is 13. The van der Waals surface area contributed by atoms with Gasteiger partial charge in [0.15, 0.2) is 0 Å². The number of nitrogens with one attached hydrogen (secondary N) is 1. The van der Waals surface area contributed by atoms with Crippen LogP contribution in [0, 0.1) is 17.8 Å². The van der Waals surface area contributed by atoms with Gasteiger partial charge in [-0.2, -0.15) is 0 Å². The van der Waals surface area contributed by atoms with Crippen LogP contribution in [0.25, 0.3) is 0 Å². The number of H-pyrrole nitrogens is 1. The van der Waals surface area contributed by atoms with Gasteiger partial charge < -0.3 is 10.1 Å². The maximum atomic E-state index is 8.83. The molecule has 2 N–H and O–H groups in total. The molecule has 0 amide bonds. The molecule has 1 heterocycles. The van der Waals surface area contributed by atoms with Crippen molar-refractivity contribution >= 4 is 0 Å². The van der Waals surface area contributed by atoms with Crippen molar-refractivity contribution in [1.29, 1.82) is 0 Å². The highest BCUT2D eigenvalue weighted by Gasteiger charge is 2.06. The Morgan fingerprint density at radius 3 is 1.96 bits per heavy atom. The zero-order valence-corrected chi connectivity index (χ0v) is 18.0. The second-order valence-electron chi connectivity index (χ2n) is 8.35. The zero-order valence-electron chi connectivity index (χ0n) is 18.0. The van der Waals surface area contributed by atoms with Crippen LogP contribution in [-0.2, 0) is 0 Å². The van der Waals surface area contributed by atoms with Crippen molar-refractivity contribution in [3.8, 4) is 0 Å². The first-order chi connectivity index (χ1) is 12.5. The van der Waals surface area contributed by atoms with Crippen molar-refractivity contribution in [2.75, 3.05) is 6.61 Å². The molecule has 0 saturated carbocycles. The first-order valence-electron chi connectivity index (χ1n) is 10.6. The largest absolute Gasteiger partial charge is 0.392 e. The summed E-state index contributed by atoms with van der Waals surface area (Å²) in [6.07, 6.45) is 19.2. The summed E-state index contributed by atoms with van der Waals surface area (Å²) in [5.74, 6) is 2.63. The minimum absolute atomic E-state index is 0.191. The third kappa shape index (κ3) is 17.7. The second-order valence-corrected chi connectivity index (χ2v) is 8.35. The molecule has 0 radical (unpaired) electrons. The third-order valence-corrected chi connectivity index (χ3v) is 4.99. The lowest BCUT2D eigenvalue weighted by atomic mass is 9.91. The molecule has 0 aliphatic carbocycles. The van der Waals surface area contributed by atoms with E-state index >= 15 is 0 Å². The number of hydrogen-bond acceptors (Lipinski definition) is 2. The molecule has 0 spiro atoms. The molecular formula is C23H44N2O. The van der Waals surface area contributed by atoms with Gasteiger partial charge in [-0.15, -0.1) is 0 Å². The monoisotopic (exact) mass is 364 g/mol. The Balaban J connectivity index is 0.00000106. The molecule has 0 aliphatic heterocycles. The fraction of sp³-hybridized carbons (Fsp3) is 0.783. The predicted molar refractivity (Wildman–Crippen MR) is 114 cm³/mol. The Morgan fingerprint density at radius 2 is 1.54 bits per heavy atom. The Kier molecular flexibility index (Phi) is 16.6. The van der Waals surface area contributed by atoms with Crippen molar-refractivity contribution in [2.45, 2.75) is 92.4 Å². The van der Waals surface area contributed by atoms with Gasteiger partial charge in [-0.3, -0.25) is 0 Å². The number of allylic oxidation sites excluding steroid dienone is 1. The highest BCUT2D eigenvalue weighted by molar-refractivity contribution is 4.97. The maximum absolute atomic E-state index is 8.83. The normalized spacial score (nSPS) is 14.0. The van der Waals surface area contributed by atoms with Gasteiger partial charge in [0.05, 0.1) is 12.9 Å². The molecule has 3 nitrogen and oxygen atoms in total. The van der Waals surface area contributed by atoms with E-state index in [9.17, 15) is 0 Å². The van der Waals surface area contributed by atoms with E-state index in [4.69, 9.17) is 5.11 Å². The Hall–Kier alpha value is -1.09. The van der Waals surface area contributed by atoms with Crippen LogP contribution in [0.15, 0.2) is 30.4 Å². The van der Waals surface area contributed by atoms with E-state index < -0.39 is 0 Å². The van der Waals surface area contributed by atoms with E-state index in [-0.39, 0.29) is 6.61 Å². The van der Waals surface area contributed by atoms with Crippen molar-refractivity contribution in [3.63, 3.8) is 0 Å². The van der Waals surface area contributed by atoms with Crippen molar-refractivity contribution in [2.24, 2.45) is 17.8 Å². The summed E-state index contributed by atoms with van der Waals surface area (Å²) in [5.41, 5.74) is 1.34. The average molecular weight is 365 g/mol. The van der Waals surface area contributed by atoms with Crippen LogP contribution in [0.4, 0.5) is 0 Å². The van der Waals surface area contributed by atoms with Crippen LogP contribution in [0.5, 0.6) is 0 Å². The van der Waals surface area contributed by atoms with E-state index in [0.717, 1.165) is 24.2 Å². The lowest BCUT2D eigenvalue weighted by molar-refractivity contribution is 0.341. The number of aromatic amines is 1. The summed E-state index contributed by atoms with van der Waals surface area (Å²) in [7, 11) is 0. The number of aromatic nitrogens is 2. The van der Waals surface area contributed by atoms with E-state index in [0.29, 0.717) is 0 Å². The Morgan fingerprint density at radius 1 is 0.962 bits per heavy atom. The summed E-state index contributed by atoms with van der Waals surface area (Å²) >= 11 is 0. The molecule has 152 valence electrons. The van der Waals surface area contributed by atoms with Gasteiger partial charge in [0.1, 0.15) is 0 Å². The molecule has 1 rings (SSSR count). The lowest BCUT2D eigenvalue weighted by Gasteiger charge is -2.15. The van der Waals surface area contributed by atoms with Crippen LogP contribution in [-0.4, -0.2) is 21.7 Å². The average Bonchev–Trinajstić information content (AvgIpc) is 3.14. The van der Waals surface area contributed by atoms with Gasteiger partial charge in [0.25, 0.3) is 0 Å². The zero-order chi connectivity index (χ0) is 19.6. The van der Waals surface area contributed by atoms with Crippen LogP contribution in [0.2, 0.25) is 0 Å². The summed E-state index contributed by atoms with van der Waals surface area (Å²) in [4.78, 5) is 6.42. The maximum Gasteiger partial charge on any atom is 0.0919 e. The van der Waals surface area contributed by atoms with Crippen molar-refractivity contribution in [3.05, 3.63) is 30.4 Å². The molecular weight excluding hydrogens is 320 g/mol. The van der Waals surface area contributed by atoms with Gasteiger partial charge >= 0.3 is 0 Å². The first-order valence-corrected chi connectivity index (χ1v) is 10.6. The standard InChI is InChI=1S/C20H40O.C3H4N2/c1-17(2)9-6-10-18(3)11-7-12-19(4)13-8-14-20(5)15-16-21;1-2-5-3-4-1/h15,17-19,21H,6-14,16H2,1-5H3;1-3H,(H,4,5)/b20-15+;/t18-,19-;/m1./s1. The highest BCUT2D eigenvalue weighted by Crippen LogP contribution is 2.21. The minimum Gasteiger partial charge on any atom is -0.392 e. The van der Waals surface area contributed by atoms with Gasteiger partial charge in [-0.05, 0) is 37.5 Å². The van der Waals surface area contributed by atoms with Gasteiger partial charge in [-0.1, -0.05) is 84.3 Å². The number of aliphatic hydroxyl groups excluding tert-OH is 1. The van der Waals surface area contributed by atoms with Crippen LogP contribution in [0.3, 0.4) is 0 Å². The quantitative estimate of drug-likeness (QED) is 0.379. The fourth-order valence-electron chi connectivity index (χ4n) is 3.18. The number of nitrogens with zero attached hydrogens (tertiary/aromatic N) is 1. The molecule has 3 heteroatoms. The SMILES string of the molecule is C/C(=C\CO)CCC[C@H](C)CCC[C@H](C)CCCC(C)C.c1c[nH]cn1. The molecule has 0 aromatic carbocycles. The molecule has 0 bridgehead atoms. The molecule has 1 aromatic heterocycles. The van der Waals surface area contributed by atoms with Gasteiger partial charge in [0.2, 0.25) is 0 Å². The van der Waals surface area contributed by atoms with Crippen molar-refractivity contribution < 1.29 is 5.11 Å². The molecule has 2 atom stereocenters. The molecule has 26 heavy (non-hydrogen) atoms. The Labute approximate surface area is 162 Å². The fourth-order valence-corrected chi connectivity index (χ4v) is 3.18. The topological polar surface area (TPSA) is 48.9 Å². The van der Waals surface area contributed by atoms with Gasteiger partial charge in [-0.25, -0.2) is 4.98 Å². The molecule has 0 saturated heterocycles. The Bertz CT molecular complexity index is 395. The molecule has 1 aromatic rings. The second kappa shape index (κ2) is 17.3. The van der Waals surface area contributed by atoms with Crippen LogP contribution >= 0.6 is 0 Å². The number of imidazole rings is 1. The van der Waals surface area contributed by atoms with Crippen LogP contribution < -0.4 is 0 Å². The van der Waals surface area contributed by atoms with Gasteiger partial charge in [0, 0.05) is 12.4 Å². The first kappa shape index (κ1) is 24.9. The number of aliphatic hydroxyl groups is 1. The van der Waals surface area contributed by atoms with E-state index in [1.165, 1.54) is 56.9 Å². The van der Waals surface area contributed by atoms with E-state index in [1.54, 1.807) is 18.7 Å². The van der Waals surface area contributed by atoms with Crippen LogP contribution in [0.1, 0.15) is 92.4 Å². The summed E-state index contributed by atoms with van der Waals surface area (Å²) in [5, 5.41) is 8.83. The summed E-state index contributed by atoms with van der Waals surface area (Å²) in [6, 6.07) is 0. The third-order valence-electron chi connectivity index (χ3n) is 4.99. The van der Waals surface area contributed by atoms with E-state index in [1.807, 2.05) is 6.08 Å². The van der Waals surface area contributed by atoms with E-state index in [2.05, 4.69) is 44.6 Å². The number of hydrogen-bond donors (Lipinski definition) is 2. The molecule has 0 aliphatic rings. The summed E-state index contributed by atoms with van der Waals surface area (Å²) in [6.45, 7) is 11.8. The molecule has 0 unspecified atom stereocenters. The highest BCUT2D eigenvalue weighted by atomic mass is 16.2. The molecule has 0 fully saturated rings. The lowest BCUT2D eigenvalue weighted by Crippen LogP contribution is -2.00. The summed E-state index contributed by atoms with van der Waals surface area (Å²) < 4.78 is 0.